The van der Waals surface area contributed by atoms with Crippen molar-refractivity contribution < 1.29 is 9.50 Å². The molecule has 0 heterocycles. The Bertz CT molecular complexity index is 237. The minimum absolute atomic E-state index is 0.182. The van der Waals surface area contributed by atoms with E-state index in [4.69, 9.17) is 5.11 Å². The van der Waals surface area contributed by atoms with E-state index in [-0.39, 0.29) is 5.75 Å². The largest absolute Gasteiger partial charge is 0.508 e. The third kappa shape index (κ3) is 1.59. The van der Waals surface area contributed by atoms with Crippen molar-refractivity contribution in [1.29, 1.82) is 0 Å². The third-order valence-corrected chi connectivity index (χ3v) is 2.18. The van der Waals surface area contributed by atoms with Crippen molar-refractivity contribution in [3.8, 4) is 5.75 Å². The molecule has 3 heteroatoms. The lowest BCUT2D eigenvalue weighted by Crippen LogP contribution is -1.82. The summed E-state index contributed by atoms with van der Waals surface area (Å²) in [4.78, 5) is 0. The lowest BCUT2D eigenvalue weighted by Gasteiger charge is -1.98. The number of phenolic OH excluding ortho intramolecular Hbond substituents is 1. The van der Waals surface area contributed by atoms with Crippen molar-refractivity contribution in [2.75, 3.05) is 0 Å². The summed E-state index contributed by atoms with van der Waals surface area (Å²) in [6, 6.07) is 4.60. The Hall–Kier alpha value is -0.320. The number of phenols is 1. The zero-order chi connectivity index (χ0) is 7.56. The lowest BCUT2D eigenvalue weighted by molar-refractivity contribution is 0.468. The smallest absolute Gasteiger partial charge is 0.116 e. The molecule has 0 amide bonds. The van der Waals surface area contributed by atoms with Gasteiger partial charge < -0.3 is 5.11 Å². The summed E-state index contributed by atoms with van der Waals surface area (Å²) < 4.78 is 12.8. The minimum Gasteiger partial charge on any atom is -0.508 e. The number of rotatable bonds is 1. The molecule has 1 N–H and O–H groups in total. The highest BCUT2D eigenvalue weighted by atomic mass is 127. The van der Waals surface area contributed by atoms with Crippen LogP contribution in [0.25, 0.3) is 0 Å². The van der Waals surface area contributed by atoms with Gasteiger partial charge in [-0.25, -0.2) is 4.39 Å². The number of alkyl halides is 1. The molecule has 1 aromatic carbocycles. The Labute approximate surface area is 72.0 Å². The summed E-state index contributed by atoms with van der Waals surface area (Å²) in [5, 5.41) is 8.91. The first-order valence-corrected chi connectivity index (χ1v) is 3.85. The summed E-state index contributed by atoms with van der Waals surface area (Å²) in [5.74, 6) is 0.182. The van der Waals surface area contributed by atoms with Crippen LogP contribution in [0.5, 0.6) is 5.75 Å². The van der Waals surface area contributed by atoms with Crippen LogP contribution < -0.4 is 0 Å². The van der Waals surface area contributed by atoms with E-state index in [1.165, 1.54) is 12.1 Å². The molecule has 0 fully saturated rings. The van der Waals surface area contributed by atoms with Crippen LogP contribution in [-0.2, 0) is 6.67 Å². The predicted octanol–water partition coefficient (Wildman–Crippen LogP) is 2.47. The van der Waals surface area contributed by atoms with Gasteiger partial charge in [-0.1, -0.05) is 6.07 Å². The van der Waals surface area contributed by atoms with Crippen molar-refractivity contribution in [2.45, 2.75) is 6.67 Å². The van der Waals surface area contributed by atoms with Gasteiger partial charge in [-0.3, -0.25) is 0 Å². The summed E-state index contributed by atoms with van der Waals surface area (Å²) in [5.41, 5.74) is 0.624. The monoisotopic (exact) mass is 252 g/mol. The number of hydrogen-bond donors (Lipinski definition) is 1. The minimum atomic E-state index is -0.474. The first-order chi connectivity index (χ1) is 4.74. The molecule has 1 rings (SSSR count). The van der Waals surface area contributed by atoms with Crippen LogP contribution >= 0.6 is 22.6 Å². The Morgan fingerprint density at radius 2 is 2.20 bits per heavy atom. The number of aromatic hydroxyl groups is 1. The summed E-state index contributed by atoms with van der Waals surface area (Å²) in [7, 11) is 0. The van der Waals surface area contributed by atoms with E-state index in [0.29, 0.717) is 5.56 Å². The standard InChI is InChI=1S/C7H6FIO/c8-4-5-1-2-6(10)3-7(5)9/h1-3,10H,4H2. The van der Waals surface area contributed by atoms with Gasteiger partial charge >= 0.3 is 0 Å². The average molecular weight is 252 g/mol. The van der Waals surface area contributed by atoms with Crippen LogP contribution in [0.1, 0.15) is 5.56 Å². The molecule has 0 aliphatic heterocycles. The van der Waals surface area contributed by atoms with Crippen LogP contribution in [0.4, 0.5) is 4.39 Å². The van der Waals surface area contributed by atoms with Gasteiger partial charge in [0.1, 0.15) is 12.4 Å². The van der Waals surface area contributed by atoms with Crippen LogP contribution in [0.2, 0.25) is 0 Å². The average Bonchev–Trinajstić information content (AvgIpc) is 1.88. The maximum atomic E-state index is 12.0. The number of benzene rings is 1. The van der Waals surface area contributed by atoms with E-state index in [9.17, 15) is 4.39 Å². The summed E-state index contributed by atoms with van der Waals surface area (Å²) in [6.07, 6.45) is 0. The fourth-order valence-electron chi connectivity index (χ4n) is 0.645. The Kier molecular flexibility index (Phi) is 2.48. The Morgan fingerprint density at radius 1 is 1.50 bits per heavy atom. The zero-order valence-electron chi connectivity index (χ0n) is 5.14. The lowest BCUT2D eigenvalue weighted by atomic mass is 10.2. The molecule has 0 bridgehead atoms. The predicted molar refractivity (Wildman–Crippen MR) is 45.6 cm³/mol. The molecular weight excluding hydrogens is 246 g/mol. The van der Waals surface area contributed by atoms with Gasteiger partial charge in [0.25, 0.3) is 0 Å². The molecule has 0 spiro atoms. The van der Waals surface area contributed by atoms with E-state index in [1.807, 2.05) is 22.6 Å². The summed E-state index contributed by atoms with van der Waals surface area (Å²) in [6.45, 7) is -0.474. The Morgan fingerprint density at radius 3 is 2.70 bits per heavy atom. The van der Waals surface area contributed by atoms with Gasteiger partial charge in [-0.15, -0.1) is 0 Å². The van der Waals surface area contributed by atoms with Crippen LogP contribution in [0.15, 0.2) is 18.2 Å². The van der Waals surface area contributed by atoms with E-state index in [0.717, 1.165) is 3.57 Å². The Balaban J connectivity index is 3.07. The van der Waals surface area contributed by atoms with Gasteiger partial charge in [-0.2, -0.15) is 0 Å². The van der Waals surface area contributed by atoms with Crippen LogP contribution in [0.3, 0.4) is 0 Å². The molecule has 10 heavy (non-hydrogen) atoms. The third-order valence-electron chi connectivity index (χ3n) is 1.18. The molecular formula is C7H6FIO. The van der Waals surface area contributed by atoms with Crippen LogP contribution in [0, 0.1) is 3.57 Å². The molecule has 0 atom stereocenters. The van der Waals surface area contributed by atoms with E-state index >= 15 is 0 Å². The second-order valence-corrected chi connectivity index (χ2v) is 3.07. The van der Waals surface area contributed by atoms with Gasteiger partial charge in [0.05, 0.1) is 0 Å². The van der Waals surface area contributed by atoms with Crippen molar-refractivity contribution >= 4 is 22.6 Å². The fourth-order valence-corrected chi connectivity index (χ4v) is 1.29. The van der Waals surface area contributed by atoms with Gasteiger partial charge in [-0.05, 0) is 40.3 Å². The number of hydrogen-bond acceptors (Lipinski definition) is 1. The van der Waals surface area contributed by atoms with Crippen molar-refractivity contribution in [1.82, 2.24) is 0 Å². The molecule has 54 valence electrons. The molecule has 1 nitrogen and oxygen atoms in total. The van der Waals surface area contributed by atoms with E-state index in [2.05, 4.69) is 0 Å². The molecule has 0 aromatic heterocycles. The summed E-state index contributed by atoms with van der Waals surface area (Å²) >= 11 is 1.99. The normalized spacial score (nSPS) is 9.80. The first kappa shape index (κ1) is 7.78. The fraction of sp³-hybridized carbons (Fsp3) is 0.143. The van der Waals surface area contributed by atoms with Crippen molar-refractivity contribution in [3.63, 3.8) is 0 Å². The van der Waals surface area contributed by atoms with Gasteiger partial charge in [0.15, 0.2) is 0 Å². The zero-order valence-corrected chi connectivity index (χ0v) is 7.30. The molecule has 0 unspecified atom stereocenters. The first-order valence-electron chi connectivity index (χ1n) is 2.77. The highest BCUT2D eigenvalue weighted by Crippen LogP contribution is 2.18. The molecule has 0 aliphatic rings. The molecule has 1 aromatic rings. The van der Waals surface area contributed by atoms with Crippen molar-refractivity contribution in [2.24, 2.45) is 0 Å². The molecule has 0 saturated carbocycles. The van der Waals surface area contributed by atoms with Crippen LogP contribution in [-0.4, -0.2) is 5.11 Å². The second kappa shape index (κ2) is 3.18. The SMILES string of the molecule is Oc1ccc(CF)c(I)c1. The maximum Gasteiger partial charge on any atom is 0.116 e. The van der Waals surface area contributed by atoms with E-state index < -0.39 is 6.67 Å². The quantitative estimate of drug-likeness (QED) is 0.761. The number of halogens is 2. The van der Waals surface area contributed by atoms with Gasteiger partial charge in [0, 0.05) is 3.57 Å². The van der Waals surface area contributed by atoms with E-state index in [1.54, 1.807) is 6.07 Å². The second-order valence-electron chi connectivity index (χ2n) is 1.91. The molecule has 0 radical (unpaired) electrons. The topological polar surface area (TPSA) is 20.2 Å². The van der Waals surface area contributed by atoms with Crippen molar-refractivity contribution in [3.05, 3.63) is 27.3 Å². The maximum absolute atomic E-state index is 12.0. The highest BCUT2D eigenvalue weighted by Gasteiger charge is 1.98. The highest BCUT2D eigenvalue weighted by molar-refractivity contribution is 14.1. The van der Waals surface area contributed by atoms with Gasteiger partial charge in [0.2, 0.25) is 0 Å². The molecule has 0 aliphatic carbocycles. The molecule has 0 saturated heterocycles.